The van der Waals surface area contributed by atoms with Crippen molar-refractivity contribution in [2.24, 2.45) is 0 Å². The highest BCUT2D eigenvalue weighted by atomic mass is 19.4. The van der Waals surface area contributed by atoms with Gasteiger partial charge in [0.2, 0.25) is 0 Å². The first-order valence-electron chi connectivity index (χ1n) is 5.25. The standard InChI is InChI=1S/C12H11F6N/c1-19-4-2-3-8-5-9(11(13,14)15)7-10(6-8)12(16,17)18/h2-3,5-7,19H,4H2,1H3. The maximum absolute atomic E-state index is 12.5. The normalized spacial score (nSPS) is 13.2. The first-order chi connectivity index (χ1) is 8.64. The van der Waals surface area contributed by atoms with Gasteiger partial charge in [0.25, 0.3) is 0 Å². The van der Waals surface area contributed by atoms with Crippen LogP contribution in [0.25, 0.3) is 6.08 Å². The van der Waals surface area contributed by atoms with Gasteiger partial charge in [-0.1, -0.05) is 12.2 Å². The van der Waals surface area contributed by atoms with E-state index in [-0.39, 0.29) is 11.6 Å². The van der Waals surface area contributed by atoms with Crippen molar-refractivity contribution in [3.63, 3.8) is 0 Å². The van der Waals surface area contributed by atoms with Gasteiger partial charge in [-0.2, -0.15) is 26.3 Å². The van der Waals surface area contributed by atoms with Gasteiger partial charge in [0, 0.05) is 6.54 Å². The van der Waals surface area contributed by atoms with Gasteiger partial charge in [-0.05, 0) is 30.8 Å². The molecule has 1 aromatic rings. The average molecular weight is 283 g/mol. The second-order valence-electron chi connectivity index (χ2n) is 3.80. The molecule has 0 spiro atoms. The van der Waals surface area contributed by atoms with Crippen molar-refractivity contribution in [1.29, 1.82) is 0 Å². The summed E-state index contributed by atoms with van der Waals surface area (Å²) >= 11 is 0. The smallest absolute Gasteiger partial charge is 0.316 e. The first kappa shape index (κ1) is 15.6. The Morgan fingerprint density at radius 1 is 0.947 bits per heavy atom. The number of halogens is 6. The number of alkyl halides is 6. The maximum atomic E-state index is 12.5. The lowest BCUT2D eigenvalue weighted by atomic mass is 10.0. The summed E-state index contributed by atoms with van der Waals surface area (Å²) in [6.07, 6.45) is -6.98. The molecule has 0 bridgehead atoms. The van der Waals surface area contributed by atoms with Gasteiger partial charge >= 0.3 is 12.4 Å². The van der Waals surface area contributed by atoms with Crippen LogP contribution in [0.2, 0.25) is 0 Å². The van der Waals surface area contributed by atoms with Crippen LogP contribution < -0.4 is 5.32 Å². The van der Waals surface area contributed by atoms with Crippen LogP contribution in [0.5, 0.6) is 0 Å². The highest BCUT2D eigenvalue weighted by molar-refractivity contribution is 5.53. The molecular formula is C12H11F6N. The lowest BCUT2D eigenvalue weighted by Crippen LogP contribution is -2.11. The molecule has 0 aliphatic carbocycles. The molecular weight excluding hydrogens is 272 g/mol. The van der Waals surface area contributed by atoms with E-state index in [2.05, 4.69) is 5.32 Å². The number of nitrogens with one attached hydrogen (secondary N) is 1. The zero-order valence-corrected chi connectivity index (χ0v) is 9.86. The van der Waals surface area contributed by atoms with E-state index in [1.807, 2.05) is 0 Å². The fraction of sp³-hybridized carbons (Fsp3) is 0.333. The van der Waals surface area contributed by atoms with E-state index in [1.54, 1.807) is 7.05 Å². The fourth-order valence-electron chi connectivity index (χ4n) is 1.39. The Balaban J connectivity index is 3.25. The van der Waals surface area contributed by atoms with Gasteiger partial charge in [-0.25, -0.2) is 0 Å². The minimum absolute atomic E-state index is 0.107. The molecule has 0 heterocycles. The third kappa shape index (κ3) is 4.59. The second kappa shape index (κ2) is 5.64. The monoisotopic (exact) mass is 283 g/mol. The molecule has 1 rings (SSSR count). The zero-order chi connectivity index (χ0) is 14.7. The zero-order valence-electron chi connectivity index (χ0n) is 9.86. The van der Waals surface area contributed by atoms with Crippen molar-refractivity contribution in [2.45, 2.75) is 12.4 Å². The Morgan fingerprint density at radius 2 is 1.42 bits per heavy atom. The molecule has 1 nitrogen and oxygen atoms in total. The van der Waals surface area contributed by atoms with E-state index < -0.39 is 23.5 Å². The summed E-state index contributed by atoms with van der Waals surface area (Å²) in [6, 6.07) is 1.47. The van der Waals surface area contributed by atoms with Crippen molar-refractivity contribution in [3.8, 4) is 0 Å². The van der Waals surface area contributed by atoms with Gasteiger partial charge in [0.15, 0.2) is 0 Å². The minimum atomic E-state index is -4.81. The van der Waals surface area contributed by atoms with Crippen LogP contribution in [0.15, 0.2) is 24.3 Å². The molecule has 7 heteroatoms. The highest BCUT2D eigenvalue weighted by Crippen LogP contribution is 2.36. The van der Waals surface area contributed by atoms with Crippen molar-refractivity contribution < 1.29 is 26.3 Å². The van der Waals surface area contributed by atoms with Crippen molar-refractivity contribution in [3.05, 3.63) is 41.0 Å². The molecule has 19 heavy (non-hydrogen) atoms. The summed E-state index contributed by atoms with van der Waals surface area (Å²) in [4.78, 5) is 0. The summed E-state index contributed by atoms with van der Waals surface area (Å²) in [5.41, 5.74) is -2.77. The molecule has 0 aromatic heterocycles. The van der Waals surface area contributed by atoms with E-state index in [1.165, 1.54) is 12.2 Å². The van der Waals surface area contributed by atoms with Crippen LogP contribution >= 0.6 is 0 Å². The number of rotatable bonds is 3. The van der Waals surface area contributed by atoms with Gasteiger partial charge in [-0.3, -0.25) is 0 Å². The lowest BCUT2D eigenvalue weighted by molar-refractivity contribution is -0.143. The van der Waals surface area contributed by atoms with Crippen LogP contribution in [0.3, 0.4) is 0 Å². The van der Waals surface area contributed by atoms with Crippen molar-refractivity contribution in [2.75, 3.05) is 13.6 Å². The van der Waals surface area contributed by atoms with Crippen LogP contribution in [-0.2, 0) is 12.4 Å². The predicted molar refractivity (Wildman–Crippen MR) is 59.4 cm³/mol. The molecule has 0 aliphatic heterocycles. The molecule has 0 fully saturated rings. The van der Waals surface area contributed by atoms with Crippen molar-refractivity contribution >= 4 is 6.08 Å². The molecule has 106 valence electrons. The Morgan fingerprint density at radius 3 is 1.79 bits per heavy atom. The Hall–Kier alpha value is -1.50. The summed E-state index contributed by atoms with van der Waals surface area (Å²) in [6.45, 7) is 0.345. The summed E-state index contributed by atoms with van der Waals surface area (Å²) in [5, 5.41) is 2.70. The van der Waals surface area contributed by atoms with Gasteiger partial charge in [0.05, 0.1) is 11.1 Å². The lowest BCUT2D eigenvalue weighted by Gasteiger charge is -2.12. The Bertz CT molecular complexity index is 426. The molecule has 1 aromatic carbocycles. The topological polar surface area (TPSA) is 12.0 Å². The van der Waals surface area contributed by atoms with E-state index in [9.17, 15) is 26.3 Å². The molecule has 0 radical (unpaired) electrons. The van der Waals surface area contributed by atoms with Gasteiger partial charge < -0.3 is 5.32 Å². The third-order valence-electron chi connectivity index (χ3n) is 2.24. The fourth-order valence-corrected chi connectivity index (χ4v) is 1.39. The molecule has 0 saturated heterocycles. The predicted octanol–water partition coefficient (Wildman–Crippen LogP) is 3.96. The molecule has 0 amide bonds. The summed E-state index contributed by atoms with van der Waals surface area (Å²) < 4.78 is 75.1. The van der Waals surface area contributed by atoms with E-state index in [4.69, 9.17) is 0 Å². The largest absolute Gasteiger partial charge is 0.416 e. The molecule has 1 N–H and O–H groups in total. The minimum Gasteiger partial charge on any atom is -0.316 e. The molecule has 0 aliphatic rings. The van der Waals surface area contributed by atoms with E-state index >= 15 is 0 Å². The number of benzene rings is 1. The van der Waals surface area contributed by atoms with E-state index in [0.29, 0.717) is 18.7 Å². The van der Waals surface area contributed by atoms with Crippen LogP contribution in [0.1, 0.15) is 16.7 Å². The summed E-state index contributed by atoms with van der Waals surface area (Å²) in [7, 11) is 1.61. The second-order valence-corrected chi connectivity index (χ2v) is 3.80. The van der Waals surface area contributed by atoms with Gasteiger partial charge in [-0.15, -0.1) is 0 Å². The Kier molecular flexibility index (Phi) is 4.62. The van der Waals surface area contributed by atoms with Crippen LogP contribution in [-0.4, -0.2) is 13.6 Å². The van der Waals surface area contributed by atoms with E-state index in [0.717, 1.165) is 0 Å². The van der Waals surface area contributed by atoms with Crippen molar-refractivity contribution in [1.82, 2.24) is 5.32 Å². The SMILES string of the molecule is CNCC=Cc1cc(C(F)(F)F)cc(C(F)(F)F)c1. The number of likely N-dealkylation sites (N-methyl/N-ethyl adjacent to an activating group) is 1. The molecule has 0 saturated carbocycles. The molecule has 0 atom stereocenters. The Labute approximate surface area is 105 Å². The van der Waals surface area contributed by atoms with Crippen LogP contribution in [0, 0.1) is 0 Å². The third-order valence-corrected chi connectivity index (χ3v) is 2.24. The summed E-state index contributed by atoms with van der Waals surface area (Å²) in [5.74, 6) is 0. The number of hydrogen-bond donors (Lipinski definition) is 1. The average Bonchev–Trinajstić information content (AvgIpc) is 2.27. The molecule has 0 unspecified atom stereocenters. The highest BCUT2D eigenvalue weighted by Gasteiger charge is 2.36. The van der Waals surface area contributed by atoms with Crippen LogP contribution in [0.4, 0.5) is 26.3 Å². The quantitative estimate of drug-likeness (QED) is 0.828. The number of hydrogen-bond acceptors (Lipinski definition) is 1. The maximum Gasteiger partial charge on any atom is 0.416 e. The first-order valence-corrected chi connectivity index (χ1v) is 5.25. The van der Waals surface area contributed by atoms with Gasteiger partial charge in [0.1, 0.15) is 0 Å².